The van der Waals surface area contributed by atoms with Crippen molar-refractivity contribution in [2.75, 3.05) is 6.61 Å². The van der Waals surface area contributed by atoms with Gasteiger partial charge in [-0.05, 0) is 0 Å². The maximum absolute atomic E-state index is 10.5. The molecule has 0 fully saturated rings. The minimum Gasteiger partial charge on any atom is -0.546 e. The van der Waals surface area contributed by atoms with Crippen LogP contribution in [0, 0.1) is 0 Å². The summed E-state index contributed by atoms with van der Waals surface area (Å²) in [7, 11) is 0. The average molecular weight is 276 g/mol. The zero-order valence-electron chi connectivity index (χ0n) is 9.44. The smallest absolute Gasteiger partial charge is 0.546 e. The molecule has 0 saturated carbocycles. The summed E-state index contributed by atoms with van der Waals surface area (Å²) >= 11 is 0. The number of carbonyl (C=O) groups excluding carboxylic acids is 2. The molecule has 4 N–H and O–H groups in total. The molecule has 0 aromatic rings. The zero-order chi connectivity index (χ0) is 12.9. The van der Waals surface area contributed by atoms with E-state index in [4.69, 9.17) is 10.2 Å². The summed E-state index contributed by atoms with van der Waals surface area (Å²) in [5.41, 5.74) is 0. The predicted molar refractivity (Wildman–Crippen MR) is 45.7 cm³/mol. The van der Waals surface area contributed by atoms with Crippen molar-refractivity contribution in [1.29, 1.82) is 0 Å². The first-order valence-electron chi connectivity index (χ1n) is 4.34. The first kappa shape index (κ1) is 19.7. The van der Waals surface area contributed by atoms with Gasteiger partial charge in [-0.15, -0.1) is 0 Å². The van der Waals surface area contributed by atoms with Crippen LogP contribution >= 0.6 is 0 Å². The molecule has 17 heavy (non-hydrogen) atoms. The monoisotopic (exact) mass is 276 g/mol. The van der Waals surface area contributed by atoms with Crippen LogP contribution in [0.4, 0.5) is 0 Å². The van der Waals surface area contributed by atoms with E-state index >= 15 is 0 Å². The number of aliphatic hydroxyl groups is 4. The van der Waals surface area contributed by atoms with Gasteiger partial charge in [-0.3, -0.25) is 4.79 Å². The summed E-state index contributed by atoms with van der Waals surface area (Å²) in [5, 5.41) is 46.4. The minimum atomic E-state index is -2.12. The molecular weight excluding hydrogens is 263 g/mol. The molecule has 0 rings (SSSR count). The van der Waals surface area contributed by atoms with Gasteiger partial charge in [0.25, 0.3) is 0 Å². The number of hydrogen-bond acceptors (Lipinski definition) is 8. The van der Waals surface area contributed by atoms with E-state index in [0.717, 1.165) is 6.92 Å². The number of ether oxygens (including phenoxy) is 1. The third-order valence-electron chi connectivity index (χ3n) is 1.77. The normalized spacial score (nSPS) is 17.2. The van der Waals surface area contributed by atoms with Crippen molar-refractivity contribution in [1.82, 2.24) is 0 Å². The molecule has 4 atom stereocenters. The SMILES string of the molecule is CC(=O)O[C@@H](C(=O)[O-])[C@@H](O)[C@H](O)[C@H](O)CO.[K+]. The van der Waals surface area contributed by atoms with E-state index in [9.17, 15) is 24.9 Å². The van der Waals surface area contributed by atoms with E-state index in [-0.39, 0.29) is 51.4 Å². The van der Waals surface area contributed by atoms with Crippen LogP contribution in [0.25, 0.3) is 0 Å². The molecule has 0 aromatic heterocycles. The first-order chi connectivity index (χ1) is 7.31. The van der Waals surface area contributed by atoms with Gasteiger partial charge in [-0.2, -0.15) is 0 Å². The fraction of sp³-hybridized carbons (Fsp3) is 0.750. The molecule has 0 heterocycles. The Kier molecular flexibility index (Phi) is 10.9. The van der Waals surface area contributed by atoms with E-state index in [1.54, 1.807) is 0 Å². The van der Waals surface area contributed by atoms with Crippen molar-refractivity contribution >= 4 is 11.9 Å². The van der Waals surface area contributed by atoms with Crippen molar-refractivity contribution in [3.63, 3.8) is 0 Å². The minimum absolute atomic E-state index is 0. The van der Waals surface area contributed by atoms with Gasteiger partial charge in [0.1, 0.15) is 18.3 Å². The summed E-state index contributed by atoms with van der Waals surface area (Å²) in [5.74, 6) is -2.93. The summed E-state index contributed by atoms with van der Waals surface area (Å²) in [6.45, 7) is 0.00950. The molecule has 0 spiro atoms. The Hall–Kier alpha value is 0.416. The number of carboxylic acid groups (broad SMARTS) is 1. The summed E-state index contributed by atoms with van der Waals surface area (Å²) in [6.07, 6.45) is -7.95. The molecule has 9 heteroatoms. The second kappa shape index (κ2) is 9.36. The maximum atomic E-state index is 10.5. The van der Waals surface area contributed by atoms with Gasteiger partial charge in [-0.1, -0.05) is 0 Å². The second-order valence-electron chi connectivity index (χ2n) is 3.08. The van der Waals surface area contributed by atoms with Gasteiger partial charge in [0, 0.05) is 6.92 Å². The van der Waals surface area contributed by atoms with Crippen LogP contribution in [-0.4, -0.2) is 63.4 Å². The predicted octanol–water partition coefficient (Wildman–Crippen LogP) is -7.25. The molecule has 0 unspecified atom stereocenters. The molecule has 94 valence electrons. The van der Waals surface area contributed by atoms with E-state index in [1.165, 1.54) is 0 Å². The molecular formula is C8H13KO8. The average Bonchev–Trinajstić information content (AvgIpc) is 2.22. The van der Waals surface area contributed by atoms with Crippen LogP contribution < -0.4 is 56.5 Å². The van der Waals surface area contributed by atoms with E-state index in [2.05, 4.69) is 4.74 Å². The van der Waals surface area contributed by atoms with E-state index in [0.29, 0.717) is 0 Å². The van der Waals surface area contributed by atoms with E-state index < -0.39 is 43.0 Å². The van der Waals surface area contributed by atoms with Crippen LogP contribution in [0.2, 0.25) is 0 Å². The molecule has 0 saturated heterocycles. The van der Waals surface area contributed by atoms with Crippen LogP contribution in [0.15, 0.2) is 0 Å². The molecule has 0 aromatic carbocycles. The molecule has 0 aliphatic rings. The Morgan fingerprint density at radius 2 is 1.71 bits per heavy atom. The van der Waals surface area contributed by atoms with Gasteiger partial charge < -0.3 is 35.1 Å². The van der Waals surface area contributed by atoms with Crippen molar-refractivity contribution in [2.24, 2.45) is 0 Å². The van der Waals surface area contributed by atoms with Crippen molar-refractivity contribution < 1.29 is 91.2 Å². The molecule has 0 aliphatic carbocycles. The van der Waals surface area contributed by atoms with E-state index in [1.807, 2.05) is 0 Å². The Morgan fingerprint density at radius 3 is 2.00 bits per heavy atom. The van der Waals surface area contributed by atoms with Gasteiger partial charge in [0.05, 0.1) is 12.6 Å². The van der Waals surface area contributed by atoms with Crippen molar-refractivity contribution in [3.8, 4) is 0 Å². The van der Waals surface area contributed by atoms with Crippen molar-refractivity contribution in [2.45, 2.75) is 31.3 Å². The largest absolute Gasteiger partial charge is 1.00 e. The van der Waals surface area contributed by atoms with Gasteiger partial charge in [0.15, 0.2) is 6.10 Å². The summed E-state index contributed by atoms with van der Waals surface area (Å²) < 4.78 is 4.19. The molecule has 0 radical (unpaired) electrons. The zero-order valence-corrected chi connectivity index (χ0v) is 12.6. The van der Waals surface area contributed by atoms with Crippen molar-refractivity contribution in [3.05, 3.63) is 0 Å². The third-order valence-corrected chi connectivity index (χ3v) is 1.77. The Morgan fingerprint density at radius 1 is 1.24 bits per heavy atom. The molecule has 0 bridgehead atoms. The third kappa shape index (κ3) is 6.79. The summed E-state index contributed by atoms with van der Waals surface area (Å²) in [4.78, 5) is 21.0. The fourth-order valence-corrected chi connectivity index (χ4v) is 0.951. The Labute approximate surface area is 140 Å². The first-order valence-corrected chi connectivity index (χ1v) is 4.34. The number of esters is 1. The summed E-state index contributed by atoms with van der Waals surface area (Å²) in [6, 6.07) is 0. The number of rotatable bonds is 6. The Bertz CT molecular complexity index is 258. The van der Waals surface area contributed by atoms with Gasteiger partial charge in [0.2, 0.25) is 0 Å². The Balaban J connectivity index is 0. The standard InChI is InChI=1S/C8H14O8.K/c1-3(10)16-7(8(14)15)6(13)5(12)4(11)2-9;/h4-7,9,11-13H,2H2,1H3,(H,14,15);/q;+1/p-1/t4-,5-,6+,7-;/m1./s1. The number of aliphatic carboxylic acids is 1. The molecule has 0 amide bonds. The second-order valence-corrected chi connectivity index (χ2v) is 3.08. The van der Waals surface area contributed by atoms with Crippen LogP contribution in [0.5, 0.6) is 0 Å². The van der Waals surface area contributed by atoms with Gasteiger partial charge >= 0.3 is 57.4 Å². The van der Waals surface area contributed by atoms with Gasteiger partial charge in [-0.25, -0.2) is 0 Å². The topological polar surface area (TPSA) is 147 Å². The number of hydrogen-bond donors (Lipinski definition) is 4. The number of carboxylic acids is 1. The quantitative estimate of drug-likeness (QED) is 0.276. The van der Waals surface area contributed by atoms with Crippen LogP contribution in [0.1, 0.15) is 6.92 Å². The van der Waals surface area contributed by atoms with Crippen LogP contribution in [0.3, 0.4) is 0 Å². The molecule has 0 aliphatic heterocycles. The number of aliphatic hydroxyl groups excluding tert-OH is 4. The fourth-order valence-electron chi connectivity index (χ4n) is 0.951. The number of carbonyl (C=O) groups is 2. The molecule has 8 nitrogen and oxygen atoms in total. The maximum Gasteiger partial charge on any atom is 1.00 e. The van der Waals surface area contributed by atoms with Crippen LogP contribution in [-0.2, 0) is 14.3 Å².